The molecular weight excluding hydrogens is 376 g/mol. The van der Waals surface area contributed by atoms with Gasteiger partial charge in [-0.2, -0.15) is 4.31 Å². The smallest absolute Gasteiger partial charge is 0.251 e. The Morgan fingerprint density at radius 2 is 1.82 bits per heavy atom. The van der Waals surface area contributed by atoms with E-state index in [1.54, 1.807) is 12.1 Å². The zero-order valence-electron chi connectivity index (χ0n) is 16.0. The molecule has 1 amide bonds. The maximum atomic E-state index is 12.8. The van der Waals surface area contributed by atoms with Gasteiger partial charge in [0.05, 0.1) is 18.1 Å². The number of nitrogens with one attached hydrogen (secondary N) is 1. The zero-order valence-corrected chi connectivity index (χ0v) is 16.8. The molecule has 1 saturated heterocycles. The maximum Gasteiger partial charge on any atom is 0.251 e. The van der Waals surface area contributed by atoms with Crippen LogP contribution >= 0.6 is 0 Å². The van der Waals surface area contributed by atoms with Crippen LogP contribution in [0.1, 0.15) is 35.2 Å². The van der Waals surface area contributed by atoms with Gasteiger partial charge in [-0.25, -0.2) is 8.42 Å². The van der Waals surface area contributed by atoms with Crippen LogP contribution in [0.15, 0.2) is 59.5 Å². The molecule has 1 aliphatic heterocycles. The molecule has 3 rings (SSSR count). The van der Waals surface area contributed by atoms with Crippen molar-refractivity contribution in [3.05, 3.63) is 65.7 Å². The number of sulfonamides is 1. The number of morpholine rings is 1. The van der Waals surface area contributed by atoms with Gasteiger partial charge in [0, 0.05) is 25.2 Å². The van der Waals surface area contributed by atoms with Crippen LogP contribution < -0.4 is 5.32 Å². The third kappa shape index (κ3) is 4.98. The highest BCUT2D eigenvalue weighted by Crippen LogP contribution is 2.19. The van der Waals surface area contributed by atoms with Crippen LogP contribution in [0.4, 0.5) is 0 Å². The van der Waals surface area contributed by atoms with Gasteiger partial charge in [0.1, 0.15) is 0 Å². The van der Waals surface area contributed by atoms with Crippen molar-refractivity contribution < 1.29 is 17.9 Å². The van der Waals surface area contributed by atoms with Crippen molar-refractivity contribution in [3.63, 3.8) is 0 Å². The molecule has 6 nitrogen and oxygen atoms in total. The van der Waals surface area contributed by atoms with E-state index in [9.17, 15) is 13.2 Å². The van der Waals surface area contributed by atoms with Gasteiger partial charge in [0.15, 0.2) is 0 Å². The summed E-state index contributed by atoms with van der Waals surface area (Å²) >= 11 is 0. The van der Waals surface area contributed by atoms with Crippen molar-refractivity contribution in [3.8, 4) is 0 Å². The molecule has 0 bridgehead atoms. The lowest BCUT2D eigenvalue weighted by Gasteiger charge is -2.26. The number of ether oxygens (including phenoxy) is 1. The monoisotopic (exact) mass is 402 g/mol. The number of nitrogens with zero attached hydrogens (tertiary/aromatic N) is 1. The quantitative estimate of drug-likeness (QED) is 0.773. The molecule has 1 aliphatic rings. The summed E-state index contributed by atoms with van der Waals surface area (Å²) in [5, 5.41) is 2.89. The predicted molar refractivity (Wildman–Crippen MR) is 108 cm³/mol. The minimum absolute atomic E-state index is 0.139. The second kappa shape index (κ2) is 9.32. The Balaban J connectivity index is 1.61. The van der Waals surface area contributed by atoms with Gasteiger partial charge in [-0.3, -0.25) is 4.79 Å². The van der Waals surface area contributed by atoms with Crippen LogP contribution in [0.25, 0.3) is 0 Å². The summed E-state index contributed by atoms with van der Waals surface area (Å²) in [5.74, 6) is 0.0637. The SMILES string of the molecule is CC(CCNC(=O)c1cccc(S(=O)(=O)N2CCOCC2)c1)c1ccccc1. The molecule has 0 saturated carbocycles. The van der Waals surface area contributed by atoms with E-state index in [-0.39, 0.29) is 10.8 Å². The van der Waals surface area contributed by atoms with E-state index in [1.165, 1.54) is 22.0 Å². The van der Waals surface area contributed by atoms with Crippen LogP contribution in [-0.2, 0) is 14.8 Å². The molecule has 1 atom stereocenters. The van der Waals surface area contributed by atoms with E-state index < -0.39 is 10.0 Å². The van der Waals surface area contributed by atoms with Gasteiger partial charge in [-0.15, -0.1) is 0 Å². The first-order chi connectivity index (χ1) is 13.5. The second-order valence-electron chi connectivity index (χ2n) is 6.90. The highest BCUT2D eigenvalue weighted by molar-refractivity contribution is 7.89. The number of hydrogen-bond donors (Lipinski definition) is 1. The van der Waals surface area contributed by atoms with Crippen LogP contribution in [0.5, 0.6) is 0 Å². The van der Waals surface area contributed by atoms with Gasteiger partial charge < -0.3 is 10.1 Å². The lowest BCUT2D eigenvalue weighted by molar-refractivity contribution is 0.0730. The first-order valence-corrected chi connectivity index (χ1v) is 10.9. The van der Waals surface area contributed by atoms with Crippen LogP contribution in [0.3, 0.4) is 0 Å². The molecule has 0 aromatic heterocycles. The zero-order chi connectivity index (χ0) is 20.0. The van der Waals surface area contributed by atoms with Crippen molar-refractivity contribution in [2.45, 2.75) is 24.2 Å². The largest absolute Gasteiger partial charge is 0.379 e. The van der Waals surface area contributed by atoms with Crippen LogP contribution in [0.2, 0.25) is 0 Å². The molecule has 2 aromatic carbocycles. The van der Waals surface area contributed by atoms with E-state index in [0.717, 1.165) is 6.42 Å². The molecule has 1 N–H and O–H groups in total. The van der Waals surface area contributed by atoms with Crippen LogP contribution in [0, 0.1) is 0 Å². The summed E-state index contributed by atoms with van der Waals surface area (Å²) in [6.07, 6.45) is 0.807. The van der Waals surface area contributed by atoms with Crippen LogP contribution in [-0.4, -0.2) is 51.5 Å². The molecule has 28 heavy (non-hydrogen) atoms. The van der Waals surface area contributed by atoms with Gasteiger partial charge in [-0.05, 0) is 36.1 Å². The molecule has 0 aliphatic carbocycles. The summed E-state index contributed by atoms with van der Waals surface area (Å²) in [6.45, 7) is 4.08. The highest BCUT2D eigenvalue weighted by atomic mass is 32.2. The van der Waals surface area contributed by atoms with Crippen molar-refractivity contribution >= 4 is 15.9 Å². The molecule has 0 spiro atoms. The lowest BCUT2D eigenvalue weighted by atomic mass is 9.98. The normalized spacial score (nSPS) is 16.5. The van der Waals surface area contributed by atoms with Gasteiger partial charge >= 0.3 is 0 Å². The van der Waals surface area contributed by atoms with E-state index in [0.29, 0.717) is 44.3 Å². The van der Waals surface area contributed by atoms with E-state index in [1.807, 2.05) is 18.2 Å². The number of benzene rings is 2. The summed E-state index contributed by atoms with van der Waals surface area (Å²) in [7, 11) is -3.61. The Kier molecular flexibility index (Phi) is 6.83. The number of carbonyl (C=O) groups excluding carboxylic acids is 1. The topological polar surface area (TPSA) is 75.7 Å². The maximum absolute atomic E-state index is 12.8. The van der Waals surface area contributed by atoms with Crippen molar-refractivity contribution in [1.29, 1.82) is 0 Å². The van der Waals surface area contributed by atoms with Gasteiger partial charge in [0.2, 0.25) is 10.0 Å². The third-order valence-corrected chi connectivity index (χ3v) is 6.83. The van der Waals surface area contributed by atoms with Gasteiger partial charge in [-0.1, -0.05) is 43.3 Å². The minimum Gasteiger partial charge on any atom is -0.379 e. The highest BCUT2D eigenvalue weighted by Gasteiger charge is 2.26. The molecule has 0 radical (unpaired) electrons. The van der Waals surface area contributed by atoms with E-state index in [4.69, 9.17) is 4.74 Å². The predicted octanol–water partition coefficient (Wildman–Crippen LogP) is 2.63. The molecule has 1 fully saturated rings. The first kappa shape index (κ1) is 20.5. The molecule has 1 unspecified atom stereocenters. The fraction of sp³-hybridized carbons (Fsp3) is 0.381. The number of carbonyl (C=O) groups is 1. The first-order valence-electron chi connectivity index (χ1n) is 9.49. The lowest BCUT2D eigenvalue weighted by Crippen LogP contribution is -2.40. The summed E-state index contributed by atoms with van der Waals surface area (Å²) < 4.78 is 32.1. The molecule has 1 heterocycles. The molecule has 150 valence electrons. The Bertz CT molecular complexity index is 894. The average molecular weight is 403 g/mol. The second-order valence-corrected chi connectivity index (χ2v) is 8.84. The molecule has 7 heteroatoms. The number of amides is 1. The van der Waals surface area contributed by atoms with Crippen molar-refractivity contribution in [1.82, 2.24) is 9.62 Å². The standard InChI is InChI=1S/C21H26N2O4S/c1-17(18-6-3-2-4-7-18)10-11-22-21(24)19-8-5-9-20(16-19)28(25,26)23-12-14-27-15-13-23/h2-9,16-17H,10-15H2,1H3,(H,22,24). The van der Waals surface area contributed by atoms with Crippen molar-refractivity contribution in [2.75, 3.05) is 32.8 Å². The third-order valence-electron chi connectivity index (χ3n) is 4.94. The van der Waals surface area contributed by atoms with E-state index >= 15 is 0 Å². The summed E-state index contributed by atoms with van der Waals surface area (Å²) in [6, 6.07) is 16.4. The summed E-state index contributed by atoms with van der Waals surface area (Å²) in [5.41, 5.74) is 1.58. The number of hydrogen-bond acceptors (Lipinski definition) is 4. The Morgan fingerprint density at radius 1 is 1.11 bits per heavy atom. The fourth-order valence-electron chi connectivity index (χ4n) is 3.19. The Hall–Kier alpha value is -2.22. The Morgan fingerprint density at radius 3 is 2.54 bits per heavy atom. The summed E-state index contributed by atoms with van der Waals surface area (Å²) in [4.78, 5) is 12.6. The molecule has 2 aromatic rings. The van der Waals surface area contributed by atoms with E-state index in [2.05, 4.69) is 24.4 Å². The number of rotatable bonds is 7. The minimum atomic E-state index is -3.61. The van der Waals surface area contributed by atoms with Crippen molar-refractivity contribution in [2.24, 2.45) is 0 Å². The van der Waals surface area contributed by atoms with Gasteiger partial charge in [0.25, 0.3) is 5.91 Å². The average Bonchev–Trinajstić information content (AvgIpc) is 2.75. The fourth-order valence-corrected chi connectivity index (χ4v) is 4.64. The molecular formula is C21H26N2O4S. The Labute approximate surface area is 166 Å².